The highest BCUT2D eigenvalue weighted by atomic mass is 35.5. The van der Waals surface area contributed by atoms with Crippen molar-refractivity contribution in [1.29, 1.82) is 0 Å². The van der Waals surface area contributed by atoms with E-state index in [1.54, 1.807) is 6.33 Å². The van der Waals surface area contributed by atoms with Crippen molar-refractivity contribution in [1.82, 2.24) is 15.3 Å². The van der Waals surface area contributed by atoms with E-state index in [1.807, 2.05) is 0 Å². The molecule has 0 atom stereocenters. The lowest BCUT2D eigenvalue weighted by molar-refractivity contribution is 0.372. The monoisotopic (exact) mass is 355 g/mol. The van der Waals surface area contributed by atoms with Crippen LogP contribution in [-0.4, -0.2) is 16.0 Å². The van der Waals surface area contributed by atoms with Gasteiger partial charge in [-0.25, -0.2) is 4.98 Å². The maximum Gasteiger partial charge on any atom is 0.0931 e. The fourth-order valence-corrected chi connectivity index (χ4v) is 3.83. The average Bonchev–Trinajstić information content (AvgIpc) is 3.12. The number of fused-ring (bicyclic) bond motifs is 1. The summed E-state index contributed by atoms with van der Waals surface area (Å²) in [7, 11) is 0. The Balaban J connectivity index is 0.00000182. The second kappa shape index (κ2) is 8.03. The van der Waals surface area contributed by atoms with E-state index in [2.05, 4.69) is 58.6 Å². The molecule has 4 rings (SSSR count). The third-order valence-corrected chi connectivity index (χ3v) is 5.31. The molecule has 3 nitrogen and oxygen atoms in total. The van der Waals surface area contributed by atoms with Gasteiger partial charge in [-0.3, -0.25) is 0 Å². The van der Waals surface area contributed by atoms with Crippen molar-refractivity contribution in [3.05, 3.63) is 53.9 Å². The summed E-state index contributed by atoms with van der Waals surface area (Å²) in [5, 5.41) is 3.72. The van der Waals surface area contributed by atoms with Gasteiger partial charge in [0.1, 0.15) is 0 Å². The van der Waals surface area contributed by atoms with Crippen LogP contribution < -0.4 is 5.32 Å². The molecule has 2 N–H and O–H groups in total. The quantitative estimate of drug-likeness (QED) is 0.659. The van der Waals surface area contributed by atoms with Crippen molar-refractivity contribution in [3.63, 3.8) is 0 Å². The van der Waals surface area contributed by atoms with E-state index < -0.39 is 0 Å². The number of halogens is 1. The van der Waals surface area contributed by atoms with E-state index in [9.17, 15) is 0 Å². The van der Waals surface area contributed by atoms with E-state index in [1.165, 1.54) is 54.4 Å². The van der Waals surface area contributed by atoms with Crippen LogP contribution in [0, 0.1) is 6.92 Å². The SMILES string of the molecule is Cc1c(-c2ccc(CNC3CCCCC3)cc2)ccc2[nH]cnc12.Cl. The molecule has 0 spiro atoms. The highest BCUT2D eigenvalue weighted by Gasteiger charge is 2.12. The Bertz CT molecular complexity index is 817. The Morgan fingerprint density at radius 1 is 1.04 bits per heavy atom. The van der Waals surface area contributed by atoms with Crippen LogP contribution in [0.15, 0.2) is 42.7 Å². The zero-order chi connectivity index (χ0) is 16.4. The number of aromatic nitrogens is 2. The second-order valence-corrected chi connectivity index (χ2v) is 6.95. The van der Waals surface area contributed by atoms with Crippen molar-refractivity contribution >= 4 is 23.4 Å². The first-order valence-corrected chi connectivity index (χ1v) is 9.06. The molecule has 1 saturated carbocycles. The fraction of sp³-hybridized carbons (Fsp3) is 0.381. The first-order chi connectivity index (χ1) is 11.8. The normalized spacial score (nSPS) is 15.2. The largest absolute Gasteiger partial charge is 0.345 e. The maximum absolute atomic E-state index is 4.44. The number of aromatic amines is 1. The number of aryl methyl sites for hydroxylation is 1. The lowest BCUT2D eigenvalue weighted by atomic mass is 9.95. The number of hydrogen-bond donors (Lipinski definition) is 2. The molecular weight excluding hydrogens is 330 g/mol. The van der Waals surface area contributed by atoms with Crippen molar-refractivity contribution in [2.24, 2.45) is 0 Å². The molecule has 1 aliphatic carbocycles. The summed E-state index contributed by atoms with van der Waals surface area (Å²) in [5.74, 6) is 0. The van der Waals surface area contributed by atoms with Crippen LogP contribution in [0.3, 0.4) is 0 Å². The van der Waals surface area contributed by atoms with Gasteiger partial charge in [0.15, 0.2) is 0 Å². The molecular formula is C21H26ClN3. The molecule has 1 aliphatic rings. The molecule has 4 heteroatoms. The van der Waals surface area contributed by atoms with Gasteiger partial charge in [-0.2, -0.15) is 0 Å². The lowest BCUT2D eigenvalue weighted by Crippen LogP contribution is -2.30. The van der Waals surface area contributed by atoms with Crippen LogP contribution in [0.25, 0.3) is 22.2 Å². The fourth-order valence-electron chi connectivity index (χ4n) is 3.83. The van der Waals surface area contributed by atoms with Gasteiger partial charge in [0.25, 0.3) is 0 Å². The number of imidazole rings is 1. The molecule has 25 heavy (non-hydrogen) atoms. The van der Waals surface area contributed by atoms with E-state index in [4.69, 9.17) is 0 Å². The van der Waals surface area contributed by atoms with Crippen molar-refractivity contribution in [2.75, 3.05) is 0 Å². The molecule has 0 unspecified atom stereocenters. The van der Waals surface area contributed by atoms with E-state index in [0.717, 1.165) is 17.6 Å². The Hall–Kier alpha value is -1.84. The van der Waals surface area contributed by atoms with Crippen LogP contribution in [0.2, 0.25) is 0 Å². The lowest BCUT2D eigenvalue weighted by Gasteiger charge is -2.22. The highest BCUT2D eigenvalue weighted by Crippen LogP contribution is 2.28. The Labute approximate surface area is 155 Å². The molecule has 0 aliphatic heterocycles. The van der Waals surface area contributed by atoms with Gasteiger partial charge in [-0.05, 0) is 48.1 Å². The summed E-state index contributed by atoms with van der Waals surface area (Å²) >= 11 is 0. The highest BCUT2D eigenvalue weighted by molar-refractivity contribution is 5.86. The van der Waals surface area contributed by atoms with Gasteiger partial charge in [0.05, 0.1) is 17.4 Å². The number of benzene rings is 2. The smallest absolute Gasteiger partial charge is 0.0931 e. The third kappa shape index (κ3) is 3.88. The van der Waals surface area contributed by atoms with Gasteiger partial charge in [0, 0.05) is 12.6 Å². The van der Waals surface area contributed by atoms with E-state index >= 15 is 0 Å². The summed E-state index contributed by atoms with van der Waals surface area (Å²) in [4.78, 5) is 7.61. The third-order valence-electron chi connectivity index (χ3n) is 5.31. The number of H-pyrrole nitrogens is 1. The molecule has 0 amide bonds. The minimum Gasteiger partial charge on any atom is -0.345 e. The molecule has 132 valence electrons. The Kier molecular flexibility index (Phi) is 5.77. The summed E-state index contributed by atoms with van der Waals surface area (Å²) in [6.45, 7) is 3.12. The van der Waals surface area contributed by atoms with Crippen molar-refractivity contribution < 1.29 is 0 Å². The average molecular weight is 356 g/mol. The molecule has 1 heterocycles. The first-order valence-electron chi connectivity index (χ1n) is 9.06. The predicted molar refractivity (Wildman–Crippen MR) is 107 cm³/mol. The number of hydrogen-bond acceptors (Lipinski definition) is 2. The molecule has 2 aromatic carbocycles. The molecule has 0 saturated heterocycles. The van der Waals surface area contributed by atoms with Gasteiger partial charge < -0.3 is 10.3 Å². The molecule has 0 radical (unpaired) electrons. The topological polar surface area (TPSA) is 40.7 Å². The maximum atomic E-state index is 4.44. The summed E-state index contributed by atoms with van der Waals surface area (Å²) in [5.41, 5.74) is 7.30. The summed E-state index contributed by atoms with van der Waals surface area (Å²) in [6, 6.07) is 14.0. The van der Waals surface area contributed by atoms with Crippen LogP contribution in [-0.2, 0) is 6.54 Å². The minimum atomic E-state index is 0. The van der Waals surface area contributed by atoms with Crippen molar-refractivity contribution in [3.8, 4) is 11.1 Å². The molecule has 0 bridgehead atoms. The number of nitrogens with zero attached hydrogens (tertiary/aromatic N) is 1. The predicted octanol–water partition coefficient (Wildman–Crippen LogP) is 5.38. The van der Waals surface area contributed by atoms with Crippen LogP contribution >= 0.6 is 12.4 Å². The van der Waals surface area contributed by atoms with Gasteiger partial charge >= 0.3 is 0 Å². The zero-order valence-electron chi connectivity index (χ0n) is 14.7. The van der Waals surface area contributed by atoms with Gasteiger partial charge in [-0.15, -0.1) is 12.4 Å². The molecule has 1 aromatic heterocycles. The first kappa shape index (κ1) is 18.0. The molecule has 3 aromatic rings. The van der Waals surface area contributed by atoms with E-state index in [0.29, 0.717) is 6.04 Å². The second-order valence-electron chi connectivity index (χ2n) is 6.95. The van der Waals surface area contributed by atoms with Crippen LogP contribution in [0.4, 0.5) is 0 Å². The molecule has 1 fully saturated rings. The Morgan fingerprint density at radius 2 is 1.80 bits per heavy atom. The van der Waals surface area contributed by atoms with Crippen LogP contribution in [0.1, 0.15) is 43.2 Å². The number of rotatable bonds is 4. The standard InChI is InChI=1S/C21H25N3.ClH/c1-15-19(11-12-20-21(15)24-14-23-20)17-9-7-16(8-10-17)13-22-18-5-3-2-4-6-18;/h7-12,14,18,22H,2-6,13H2,1H3,(H,23,24);1H. The van der Waals surface area contributed by atoms with E-state index in [-0.39, 0.29) is 12.4 Å². The summed E-state index contributed by atoms with van der Waals surface area (Å²) < 4.78 is 0. The van der Waals surface area contributed by atoms with Gasteiger partial charge in [0.2, 0.25) is 0 Å². The summed E-state index contributed by atoms with van der Waals surface area (Å²) in [6.07, 6.45) is 8.60. The van der Waals surface area contributed by atoms with Gasteiger partial charge in [-0.1, -0.05) is 49.6 Å². The minimum absolute atomic E-state index is 0. The van der Waals surface area contributed by atoms with Crippen molar-refractivity contribution in [2.45, 2.75) is 51.6 Å². The zero-order valence-corrected chi connectivity index (χ0v) is 15.5. The van der Waals surface area contributed by atoms with Crippen LogP contribution in [0.5, 0.6) is 0 Å². The Morgan fingerprint density at radius 3 is 2.56 bits per heavy atom. The number of nitrogens with one attached hydrogen (secondary N) is 2.